The Morgan fingerprint density at radius 3 is 2.88 bits per heavy atom. The van der Waals surface area contributed by atoms with Gasteiger partial charge in [0.15, 0.2) is 5.16 Å². The molecule has 0 aliphatic carbocycles. The second-order valence-electron chi connectivity index (χ2n) is 5.61. The normalized spacial score (nSPS) is 16.7. The Hall–Kier alpha value is -2.58. The first-order chi connectivity index (χ1) is 12.7. The Labute approximate surface area is 158 Å². The summed E-state index contributed by atoms with van der Waals surface area (Å²) in [4.78, 5) is 16.8. The van der Waals surface area contributed by atoms with Gasteiger partial charge < -0.3 is 4.42 Å². The molecule has 0 bridgehead atoms. The van der Waals surface area contributed by atoms with Crippen molar-refractivity contribution < 1.29 is 9.21 Å². The molecule has 1 aromatic carbocycles. The standard InChI is InChI=1S/C17H14ClN5O2S/c18-12-5-3-11(4-6-12)13-8-14(15-2-1-7-25-15)23(22-13)16(24)9-26-17-19-10-20-21-17/h1-7,10,14H,8-9H2,(H,19,20,21)/t14-/m0/s1. The molecule has 0 radical (unpaired) electrons. The molecule has 1 aliphatic heterocycles. The predicted octanol–water partition coefficient (Wildman–Crippen LogP) is 3.52. The fraction of sp³-hybridized carbons (Fsp3) is 0.176. The molecule has 1 N–H and O–H groups in total. The van der Waals surface area contributed by atoms with Gasteiger partial charge in [-0.3, -0.25) is 9.89 Å². The summed E-state index contributed by atoms with van der Waals surface area (Å²) >= 11 is 7.24. The van der Waals surface area contributed by atoms with Crippen LogP contribution in [0.5, 0.6) is 0 Å². The van der Waals surface area contributed by atoms with Crippen molar-refractivity contribution in [3.8, 4) is 0 Å². The Morgan fingerprint density at radius 1 is 1.35 bits per heavy atom. The molecule has 7 nitrogen and oxygen atoms in total. The number of H-pyrrole nitrogens is 1. The molecule has 132 valence electrons. The lowest BCUT2D eigenvalue weighted by molar-refractivity contribution is -0.130. The fourth-order valence-corrected chi connectivity index (χ4v) is 3.48. The number of nitrogens with zero attached hydrogens (tertiary/aromatic N) is 4. The van der Waals surface area contributed by atoms with Gasteiger partial charge in [0, 0.05) is 11.4 Å². The Bertz CT molecular complexity index is 909. The number of aromatic amines is 1. The summed E-state index contributed by atoms with van der Waals surface area (Å²) in [5.74, 6) is 0.775. The van der Waals surface area contributed by atoms with Crippen molar-refractivity contribution in [2.24, 2.45) is 5.10 Å². The minimum absolute atomic E-state index is 0.128. The number of nitrogens with one attached hydrogen (secondary N) is 1. The van der Waals surface area contributed by atoms with Gasteiger partial charge in [0.2, 0.25) is 0 Å². The van der Waals surface area contributed by atoms with Crippen LogP contribution in [0, 0.1) is 0 Å². The van der Waals surface area contributed by atoms with E-state index in [2.05, 4.69) is 20.3 Å². The van der Waals surface area contributed by atoms with E-state index in [0.717, 1.165) is 11.3 Å². The first-order valence-electron chi connectivity index (χ1n) is 7.88. The van der Waals surface area contributed by atoms with Crippen molar-refractivity contribution in [2.75, 3.05) is 5.75 Å². The monoisotopic (exact) mass is 387 g/mol. The third-order valence-electron chi connectivity index (χ3n) is 3.94. The van der Waals surface area contributed by atoms with Crippen LogP contribution >= 0.6 is 23.4 Å². The maximum absolute atomic E-state index is 12.8. The van der Waals surface area contributed by atoms with Gasteiger partial charge in [-0.2, -0.15) is 10.2 Å². The highest BCUT2D eigenvalue weighted by Gasteiger charge is 2.34. The van der Waals surface area contributed by atoms with Crippen LogP contribution in [0.1, 0.15) is 23.8 Å². The zero-order valence-electron chi connectivity index (χ0n) is 13.5. The predicted molar refractivity (Wildman–Crippen MR) is 98.0 cm³/mol. The fourth-order valence-electron chi connectivity index (χ4n) is 2.72. The van der Waals surface area contributed by atoms with Gasteiger partial charge in [-0.05, 0) is 29.8 Å². The first kappa shape index (κ1) is 16.9. The smallest absolute Gasteiger partial charge is 0.253 e. The number of benzene rings is 1. The molecule has 1 aliphatic rings. The Balaban J connectivity index is 1.57. The van der Waals surface area contributed by atoms with Crippen molar-refractivity contribution >= 4 is 35.0 Å². The van der Waals surface area contributed by atoms with Crippen molar-refractivity contribution in [1.82, 2.24) is 20.2 Å². The van der Waals surface area contributed by atoms with E-state index in [4.69, 9.17) is 16.0 Å². The van der Waals surface area contributed by atoms with E-state index < -0.39 is 0 Å². The molecule has 2 aromatic heterocycles. The summed E-state index contributed by atoms with van der Waals surface area (Å²) in [6.45, 7) is 0. The average molecular weight is 388 g/mol. The molecular weight excluding hydrogens is 374 g/mol. The Kier molecular flexibility index (Phi) is 4.77. The minimum atomic E-state index is -0.265. The van der Waals surface area contributed by atoms with Crippen molar-refractivity contribution in [3.63, 3.8) is 0 Å². The number of aromatic nitrogens is 3. The molecule has 4 rings (SSSR count). The maximum atomic E-state index is 12.8. The molecule has 0 fully saturated rings. The van der Waals surface area contributed by atoms with E-state index in [0.29, 0.717) is 22.4 Å². The van der Waals surface area contributed by atoms with Gasteiger partial charge in [-0.15, -0.1) is 0 Å². The van der Waals surface area contributed by atoms with E-state index >= 15 is 0 Å². The van der Waals surface area contributed by atoms with Gasteiger partial charge in [0.05, 0.1) is 17.7 Å². The summed E-state index contributed by atoms with van der Waals surface area (Å²) < 4.78 is 5.53. The lowest BCUT2D eigenvalue weighted by Gasteiger charge is -2.19. The highest BCUT2D eigenvalue weighted by atomic mass is 35.5. The van der Waals surface area contributed by atoms with Gasteiger partial charge in [-0.25, -0.2) is 9.99 Å². The summed E-state index contributed by atoms with van der Waals surface area (Å²) in [6.07, 6.45) is 3.58. The minimum Gasteiger partial charge on any atom is -0.467 e. The third kappa shape index (κ3) is 3.51. The maximum Gasteiger partial charge on any atom is 0.253 e. The summed E-state index contributed by atoms with van der Waals surface area (Å²) in [5.41, 5.74) is 1.75. The topological polar surface area (TPSA) is 87.4 Å². The lowest BCUT2D eigenvalue weighted by Crippen LogP contribution is -2.28. The number of hydrogen-bond donors (Lipinski definition) is 1. The SMILES string of the molecule is O=C(CSc1ncn[nH]1)N1N=C(c2ccc(Cl)cc2)C[C@H]1c1ccco1. The van der Waals surface area contributed by atoms with E-state index in [1.165, 1.54) is 23.1 Å². The van der Waals surface area contributed by atoms with Crippen LogP contribution in [0.3, 0.4) is 0 Å². The summed E-state index contributed by atoms with van der Waals surface area (Å²) in [5, 5.41) is 13.8. The van der Waals surface area contributed by atoms with Crippen LogP contribution in [0.25, 0.3) is 0 Å². The molecule has 26 heavy (non-hydrogen) atoms. The molecule has 3 aromatic rings. The number of hydrogen-bond acceptors (Lipinski definition) is 6. The number of amides is 1. The highest BCUT2D eigenvalue weighted by Crippen LogP contribution is 2.34. The van der Waals surface area contributed by atoms with E-state index in [1.54, 1.807) is 6.26 Å². The molecule has 1 atom stereocenters. The van der Waals surface area contributed by atoms with Crippen LogP contribution in [0.15, 0.2) is 63.7 Å². The van der Waals surface area contributed by atoms with E-state index in [1.807, 2.05) is 36.4 Å². The number of hydrazone groups is 1. The van der Waals surface area contributed by atoms with Gasteiger partial charge in [0.25, 0.3) is 5.91 Å². The molecule has 0 saturated heterocycles. The number of carbonyl (C=O) groups excluding carboxylic acids is 1. The van der Waals surface area contributed by atoms with E-state index in [9.17, 15) is 4.79 Å². The molecule has 9 heteroatoms. The zero-order chi connectivity index (χ0) is 17.9. The number of furan rings is 1. The second kappa shape index (κ2) is 7.35. The Morgan fingerprint density at radius 2 is 2.19 bits per heavy atom. The van der Waals surface area contributed by atoms with Crippen LogP contribution in [-0.2, 0) is 4.79 Å². The van der Waals surface area contributed by atoms with E-state index in [-0.39, 0.29) is 17.7 Å². The average Bonchev–Trinajstić information content (AvgIpc) is 3.41. The van der Waals surface area contributed by atoms with Crippen LogP contribution in [-0.4, -0.2) is 37.6 Å². The van der Waals surface area contributed by atoms with Gasteiger partial charge in [0.1, 0.15) is 18.1 Å². The van der Waals surface area contributed by atoms with Crippen LogP contribution in [0.4, 0.5) is 0 Å². The molecule has 0 spiro atoms. The van der Waals surface area contributed by atoms with Crippen LogP contribution < -0.4 is 0 Å². The third-order valence-corrected chi connectivity index (χ3v) is 5.05. The number of carbonyl (C=O) groups is 1. The molecule has 1 amide bonds. The number of halogens is 1. The molecule has 3 heterocycles. The molecule has 0 saturated carbocycles. The second-order valence-corrected chi connectivity index (χ2v) is 7.01. The summed E-state index contributed by atoms with van der Waals surface area (Å²) in [6, 6.07) is 10.8. The lowest BCUT2D eigenvalue weighted by atomic mass is 10.0. The zero-order valence-corrected chi connectivity index (χ0v) is 15.1. The van der Waals surface area contributed by atoms with Crippen LogP contribution in [0.2, 0.25) is 5.02 Å². The summed E-state index contributed by atoms with van der Waals surface area (Å²) in [7, 11) is 0. The van der Waals surface area contributed by atoms with Crippen molar-refractivity contribution in [1.29, 1.82) is 0 Å². The quantitative estimate of drug-likeness (QED) is 0.677. The highest BCUT2D eigenvalue weighted by molar-refractivity contribution is 7.99. The molecule has 0 unspecified atom stereocenters. The van der Waals surface area contributed by atoms with Crippen molar-refractivity contribution in [2.45, 2.75) is 17.6 Å². The number of rotatable bonds is 5. The van der Waals surface area contributed by atoms with Gasteiger partial charge in [-0.1, -0.05) is 35.5 Å². The van der Waals surface area contributed by atoms with Crippen molar-refractivity contribution in [3.05, 3.63) is 65.3 Å². The molecular formula is C17H14ClN5O2S. The number of thioether (sulfide) groups is 1. The first-order valence-corrected chi connectivity index (χ1v) is 9.24. The van der Waals surface area contributed by atoms with Gasteiger partial charge >= 0.3 is 0 Å². The largest absolute Gasteiger partial charge is 0.467 e.